The van der Waals surface area contributed by atoms with Crippen LogP contribution in [0.25, 0.3) is 0 Å². The molecule has 4 heteroatoms. The highest BCUT2D eigenvalue weighted by Crippen LogP contribution is 2.31. The largest absolute Gasteiger partial charge is 0.354 e. The number of anilines is 1. The Labute approximate surface area is 109 Å². The highest BCUT2D eigenvalue weighted by molar-refractivity contribution is 6.30. The van der Waals surface area contributed by atoms with Crippen molar-refractivity contribution in [3.05, 3.63) is 17.0 Å². The third-order valence-electron chi connectivity index (χ3n) is 2.75. The summed E-state index contributed by atoms with van der Waals surface area (Å²) in [5.41, 5.74) is 1.05. The lowest BCUT2D eigenvalue weighted by Crippen LogP contribution is -2.33. The minimum absolute atomic E-state index is 0.330. The molecule has 0 atom stereocenters. The summed E-state index contributed by atoms with van der Waals surface area (Å²) in [6, 6.07) is 0.415. The number of halogens is 1. The second-order valence-corrected chi connectivity index (χ2v) is 5.20. The monoisotopic (exact) mass is 255 g/mol. The van der Waals surface area contributed by atoms with Crippen LogP contribution < -0.4 is 4.90 Å². The second kappa shape index (κ2) is 6.20. The van der Waals surface area contributed by atoms with Gasteiger partial charge in [0.25, 0.3) is 0 Å². The van der Waals surface area contributed by atoms with E-state index in [-0.39, 0.29) is 0 Å². The molecule has 0 radical (unpaired) electrons. The maximum Gasteiger partial charge on any atom is 0.138 e. The highest BCUT2D eigenvalue weighted by atomic mass is 35.5. The van der Waals surface area contributed by atoms with Crippen molar-refractivity contribution < 1.29 is 0 Å². The molecule has 1 aromatic rings. The Kier molecular flexibility index (Phi) is 5.19. The van der Waals surface area contributed by atoms with E-state index in [1.165, 1.54) is 0 Å². The van der Waals surface area contributed by atoms with E-state index in [4.69, 9.17) is 11.6 Å². The molecule has 0 saturated heterocycles. The summed E-state index contributed by atoms with van der Waals surface area (Å²) in [6.07, 6.45) is 2.64. The summed E-state index contributed by atoms with van der Waals surface area (Å²) in [6.45, 7) is 11.8. The molecule has 0 bridgehead atoms. The van der Waals surface area contributed by atoms with Gasteiger partial charge in [0, 0.05) is 18.2 Å². The summed E-state index contributed by atoms with van der Waals surface area (Å²) < 4.78 is 0. The van der Waals surface area contributed by atoms with E-state index in [2.05, 4.69) is 49.5 Å². The summed E-state index contributed by atoms with van der Waals surface area (Å²) >= 11 is 6.20. The van der Waals surface area contributed by atoms with E-state index in [1.807, 2.05) is 0 Å². The molecule has 0 amide bonds. The van der Waals surface area contributed by atoms with Crippen LogP contribution in [0.3, 0.4) is 0 Å². The van der Waals surface area contributed by atoms with Gasteiger partial charge in [0.15, 0.2) is 0 Å². The molecule has 1 heterocycles. The number of hydrogen-bond acceptors (Lipinski definition) is 3. The quantitative estimate of drug-likeness (QED) is 0.748. The summed E-state index contributed by atoms with van der Waals surface area (Å²) in [5, 5.41) is 0.576. The van der Waals surface area contributed by atoms with Gasteiger partial charge in [0.05, 0.1) is 0 Å². The summed E-state index contributed by atoms with van der Waals surface area (Å²) in [4.78, 5) is 10.8. The Bertz CT molecular complexity index is 364. The van der Waals surface area contributed by atoms with Crippen LogP contribution in [0.1, 0.15) is 52.5 Å². The standard InChI is InChI=1S/C13H22ClN3/c1-6-7-17(10(4)5)13-11(9(2)3)12(14)15-8-16-13/h8-10H,6-7H2,1-5H3. The fourth-order valence-corrected chi connectivity index (χ4v) is 2.29. The van der Waals surface area contributed by atoms with E-state index in [0.717, 1.165) is 24.3 Å². The van der Waals surface area contributed by atoms with Gasteiger partial charge in [-0.05, 0) is 26.2 Å². The third kappa shape index (κ3) is 3.32. The number of rotatable bonds is 5. The molecule has 0 saturated carbocycles. The van der Waals surface area contributed by atoms with Crippen molar-refractivity contribution in [2.75, 3.05) is 11.4 Å². The van der Waals surface area contributed by atoms with Crippen LogP contribution >= 0.6 is 11.6 Å². The van der Waals surface area contributed by atoms with E-state index < -0.39 is 0 Å². The molecule has 0 unspecified atom stereocenters. The lowest BCUT2D eigenvalue weighted by Gasteiger charge is -2.30. The van der Waals surface area contributed by atoms with E-state index in [9.17, 15) is 0 Å². The molecule has 0 spiro atoms. The Morgan fingerprint density at radius 1 is 1.24 bits per heavy atom. The number of hydrogen-bond donors (Lipinski definition) is 0. The average Bonchev–Trinajstić information content (AvgIpc) is 2.24. The van der Waals surface area contributed by atoms with Crippen molar-refractivity contribution in [3.63, 3.8) is 0 Å². The van der Waals surface area contributed by atoms with E-state index >= 15 is 0 Å². The molecule has 0 aliphatic carbocycles. The van der Waals surface area contributed by atoms with Gasteiger partial charge < -0.3 is 4.90 Å². The van der Waals surface area contributed by atoms with Crippen LogP contribution in [-0.2, 0) is 0 Å². The topological polar surface area (TPSA) is 29.0 Å². The zero-order valence-corrected chi connectivity index (χ0v) is 12.1. The molecule has 0 aromatic carbocycles. The minimum Gasteiger partial charge on any atom is -0.354 e. The molecule has 0 N–H and O–H groups in total. The Hall–Kier alpha value is -0.830. The van der Waals surface area contributed by atoms with E-state index in [0.29, 0.717) is 17.1 Å². The predicted octanol–water partition coefficient (Wildman–Crippen LogP) is 3.88. The van der Waals surface area contributed by atoms with Gasteiger partial charge in [-0.3, -0.25) is 0 Å². The van der Waals surface area contributed by atoms with Gasteiger partial charge in [0.1, 0.15) is 17.3 Å². The Morgan fingerprint density at radius 2 is 1.88 bits per heavy atom. The van der Waals surface area contributed by atoms with Crippen molar-refractivity contribution in [3.8, 4) is 0 Å². The lowest BCUT2D eigenvalue weighted by atomic mass is 10.0. The molecule has 0 fully saturated rings. The van der Waals surface area contributed by atoms with Crippen LogP contribution in [0.5, 0.6) is 0 Å². The fourth-order valence-electron chi connectivity index (χ4n) is 1.94. The summed E-state index contributed by atoms with van der Waals surface area (Å²) in [5.74, 6) is 1.31. The van der Waals surface area contributed by atoms with Gasteiger partial charge in [-0.2, -0.15) is 0 Å². The molecular formula is C13H22ClN3. The maximum absolute atomic E-state index is 6.20. The normalized spacial score (nSPS) is 11.3. The van der Waals surface area contributed by atoms with Gasteiger partial charge in [-0.15, -0.1) is 0 Å². The van der Waals surface area contributed by atoms with Crippen molar-refractivity contribution >= 4 is 17.4 Å². The Balaban J connectivity index is 3.22. The van der Waals surface area contributed by atoms with Crippen LogP contribution in [0.15, 0.2) is 6.33 Å². The van der Waals surface area contributed by atoms with Crippen LogP contribution in [0.2, 0.25) is 5.15 Å². The summed E-state index contributed by atoms with van der Waals surface area (Å²) in [7, 11) is 0. The van der Waals surface area contributed by atoms with Crippen molar-refractivity contribution in [2.45, 2.75) is 53.0 Å². The van der Waals surface area contributed by atoms with Crippen LogP contribution in [0.4, 0.5) is 5.82 Å². The first kappa shape index (κ1) is 14.2. The molecule has 0 aliphatic rings. The molecule has 3 nitrogen and oxygen atoms in total. The average molecular weight is 256 g/mol. The Morgan fingerprint density at radius 3 is 2.35 bits per heavy atom. The molecular weight excluding hydrogens is 234 g/mol. The smallest absolute Gasteiger partial charge is 0.138 e. The van der Waals surface area contributed by atoms with Gasteiger partial charge >= 0.3 is 0 Å². The first-order chi connectivity index (χ1) is 7.99. The zero-order valence-electron chi connectivity index (χ0n) is 11.4. The zero-order chi connectivity index (χ0) is 13.0. The van der Waals surface area contributed by atoms with Gasteiger partial charge in [-0.25, -0.2) is 9.97 Å². The fraction of sp³-hybridized carbons (Fsp3) is 0.692. The minimum atomic E-state index is 0.330. The first-order valence-corrected chi connectivity index (χ1v) is 6.63. The highest BCUT2D eigenvalue weighted by Gasteiger charge is 2.20. The van der Waals surface area contributed by atoms with Gasteiger partial charge in [0.2, 0.25) is 0 Å². The SMILES string of the molecule is CCCN(c1ncnc(Cl)c1C(C)C)C(C)C. The van der Waals surface area contributed by atoms with Crippen molar-refractivity contribution in [2.24, 2.45) is 0 Å². The van der Waals surface area contributed by atoms with Crippen LogP contribution in [-0.4, -0.2) is 22.6 Å². The molecule has 0 aliphatic heterocycles. The first-order valence-electron chi connectivity index (χ1n) is 6.26. The van der Waals surface area contributed by atoms with Crippen molar-refractivity contribution in [1.29, 1.82) is 0 Å². The molecule has 1 rings (SSSR count). The predicted molar refractivity (Wildman–Crippen MR) is 73.9 cm³/mol. The lowest BCUT2D eigenvalue weighted by molar-refractivity contribution is 0.651. The van der Waals surface area contributed by atoms with Crippen molar-refractivity contribution in [1.82, 2.24) is 9.97 Å². The van der Waals surface area contributed by atoms with Crippen LogP contribution in [0, 0.1) is 0 Å². The number of nitrogens with zero attached hydrogens (tertiary/aromatic N) is 3. The molecule has 96 valence electrons. The number of aromatic nitrogens is 2. The van der Waals surface area contributed by atoms with E-state index in [1.54, 1.807) is 6.33 Å². The molecule has 1 aromatic heterocycles. The second-order valence-electron chi connectivity index (χ2n) is 4.84. The molecule has 17 heavy (non-hydrogen) atoms. The third-order valence-corrected chi connectivity index (χ3v) is 3.05. The van der Waals surface area contributed by atoms with Gasteiger partial charge in [-0.1, -0.05) is 32.4 Å². The maximum atomic E-state index is 6.20.